The topological polar surface area (TPSA) is 87.5 Å². The normalized spacial score (nSPS) is 14.3. The van der Waals surface area contributed by atoms with Crippen LogP contribution in [0.2, 0.25) is 10.0 Å². The van der Waals surface area contributed by atoms with Gasteiger partial charge in [0.25, 0.3) is 5.91 Å². The number of carbonyl (C=O) groups is 2. The SMILES string of the molecule is O=C(NCC1CN(C(=O)O)C1)c1cccn1-c1ncc(Cl)cc1Cl. The average Bonchev–Trinajstić information content (AvgIpc) is 2.94. The third kappa shape index (κ3) is 3.32. The van der Waals surface area contributed by atoms with E-state index >= 15 is 0 Å². The first-order valence-electron chi connectivity index (χ1n) is 7.20. The number of rotatable bonds is 4. The van der Waals surface area contributed by atoms with Gasteiger partial charge in [0, 0.05) is 37.9 Å². The molecule has 0 unspecified atom stereocenters. The van der Waals surface area contributed by atoms with Crippen molar-refractivity contribution in [2.75, 3.05) is 19.6 Å². The summed E-state index contributed by atoms with van der Waals surface area (Å²) in [5.74, 6) is 0.268. The summed E-state index contributed by atoms with van der Waals surface area (Å²) in [6, 6.07) is 4.94. The van der Waals surface area contributed by atoms with Crippen molar-refractivity contribution in [1.29, 1.82) is 0 Å². The maximum atomic E-state index is 12.4. The molecule has 0 saturated carbocycles. The third-order valence-corrected chi connectivity index (χ3v) is 4.26. The van der Waals surface area contributed by atoms with E-state index in [0.717, 1.165) is 0 Å². The lowest BCUT2D eigenvalue weighted by Gasteiger charge is -2.37. The van der Waals surface area contributed by atoms with Crippen molar-refractivity contribution in [1.82, 2.24) is 19.8 Å². The fourth-order valence-electron chi connectivity index (χ4n) is 2.52. The summed E-state index contributed by atoms with van der Waals surface area (Å²) in [6.45, 7) is 1.28. The summed E-state index contributed by atoms with van der Waals surface area (Å²) in [5, 5.41) is 12.4. The van der Waals surface area contributed by atoms with Crippen LogP contribution >= 0.6 is 23.2 Å². The molecule has 3 heterocycles. The van der Waals surface area contributed by atoms with E-state index in [1.54, 1.807) is 29.0 Å². The van der Waals surface area contributed by atoms with Crippen molar-refractivity contribution in [2.24, 2.45) is 5.92 Å². The first kappa shape index (κ1) is 16.6. The highest BCUT2D eigenvalue weighted by atomic mass is 35.5. The van der Waals surface area contributed by atoms with Gasteiger partial charge < -0.3 is 15.3 Å². The molecule has 1 aliphatic heterocycles. The molecule has 2 amide bonds. The Bertz CT molecular complexity index is 787. The zero-order chi connectivity index (χ0) is 17.3. The van der Waals surface area contributed by atoms with Gasteiger partial charge in [-0.1, -0.05) is 23.2 Å². The van der Waals surface area contributed by atoms with E-state index in [9.17, 15) is 9.59 Å². The van der Waals surface area contributed by atoms with Crippen LogP contribution in [-0.4, -0.2) is 51.2 Å². The number of likely N-dealkylation sites (tertiary alicyclic amines) is 1. The van der Waals surface area contributed by atoms with Crippen LogP contribution in [0.3, 0.4) is 0 Å². The maximum Gasteiger partial charge on any atom is 0.407 e. The largest absolute Gasteiger partial charge is 0.465 e. The van der Waals surface area contributed by atoms with E-state index in [-0.39, 0.29) is 11.8 Å². The molecule has 9 heteroatoms. The second-order valence-electron chi connectivity index (χ2n) is 5.49. The Hall–Kier alpha value is -2.25. The number of nitrogens with one attached hydrogen (secondary N) is 1. The zero-order valence-corrected chi connectivity index (χ0v) is 14.0. The number of carbonyl (C=O) groups excluding carboxylic acids is 1. The molecule has 0 aliphatic carbocycles. The minimum Gasteiger partial charge on any atom is -0.465 e. The van der Waals surface area contributed by atoms with Crippen LogP contribution in [0.4, 0.5) is 4.79 Å². The lowest BCUT2D eigenvalue weighted by atomic mass is 10.0. The molecule has 3 rings (SSSR count). The predicted octanol–water partition coefficient (Wildman–Crippen LogP) is 2.52. The number of carboxylic acid groups (broad SMARTS) is 1. The molecule has 1 fully saturated rings. The molecule has 0 spiro atoms. The number of pyridine rings is 1. The summed E-state index contributed by atoms with van der Waals surface area (Å²) in [4.78, 5) is 28.6. The van der Waals surface area contributed by atoms with Gasteiger partial charge in [-0.05, 0) is 18.2 Å². The van der Waals surface area contributed by atoms with Gasteiger partial charge in [0.15, 0.2) is 5.82 Å². The van der Waals surface area contributed by atoms with Gasteiger partial charge in [-0.25, -0.2) is 9.78 Å². The molecule has 24 heavy (non-hydrogen) atoms. The van der Waals surface area contributed by atoms with Crippen LogP contribution in [0.25, 0.3) is 5.82 Å². The molecule has 2 aromatic rings. The van der Waals surface area contributed by atoms with Gasteiger partial charge >= 0.3 is 6.09 Å². The van der Waals surface area contributed by atoms with Crippen LogP contribution in [0.15, 0.2) is 30.6 Å². The Morgan fingerprint density at radius 1 is 1.38 bits per heavy atom. The molecular formula is C15H14Cl2N4O3. The fraction of sp³-hybridized carbons (Fsp3) is 0.267. The molecule has 0 radical (unpaired) electrons. The van der Waals surface area contributed by atoms with Gasteiger partial charge in [-0.2, -0.15) is 0 Å². The van der Waals surface area contributed by atoms with Crippen LogP contribution in [0.5, 0.6) is 0 Å². The standard InChI is InChI=1S/C15H14Cl2N4O3/c16-10-4-11(17)13(18-6-10)21-3-1-2-12(21)14(22)19-5-9-7-20(8-9)15(23)24/h1-4,6,9H,5,7-8H2,(H,19,22)(H,23,24). The molecule has 1 aliphatic rings. The molecule has 1 saturated heterocycles. The number of hydrogen-bond donors (Lipinski definition) is 2. The Morgan fingerprint density at radius 3 is 2.79 bits per heavy atom. The summed E-state index contributed by atoms with van der Waals surface area (Å²) in [6.07, 6.45) is 2.21. The molecule has 2 aromatic heterocycles. The highest BCUT2D eigenvalue weighted by Gasteiger charge is 2.30. The number of amides is 2. The smallest absolute Gasteiger partial charge is 0.407 e. The monoisotopic (exact) mass is 368 g/mol. The minimum atomic E-state index is -0.935. The number of hydrogen-bond acceptors (Lipinski definition) is 3. The Labute approximate surface area is 147 Å². The lowest BCUT2D eigenvalue weighted by Crippen LogP contribution is -2.53. The van der Waals surface area contributed by atoms with E-state index in [0.29, 0.717) is 41.2 Å². The molecule has 7 nitrogen and oxygen atoms in total. The third-order valence-electron chi connectivity index (χ3n) is 3.78. The van der Waals surface area contributed by atoms with Gasteiger partial charge in [0.1, 0.15) is 5.69 Å². The van der Waals surface area contributed by atoms with Crippen molar-refractivity contribution in [3.05, 3.63) is 46.3 Å². The summed E-state index contributed by atoms with van der Waals surface area (Å²) < 4.78 is 1.58. The first-order valence-corrected chi connectivity index (χ1v) is 7.96. The van der Waals surface area contributed by atoms with Crippen LogP contribution in [-0.2, 0) is 0 Å². The minimum absolute atomic E-state index is 0.130. The summed E-state index contributed by atoms with van der Waals surface area (Å²) in [5.41, 5.74) is 0.390. The highest BCUT2D eigenvalue weighted by Crippen LogP contribution is 2.23. The van der Waals surface area contributed by atoms with E-state index in [4.69, 9.17) is 28.3 Å². The van der Waals surface area contributed by atoms with Crippen molar-refractivity contribution >= 4 is 35.2 Å². The zero-order valence-electron chi connectivity index (χ0n) is 12.4. The van der Waals surface area contributed by atoms with Crippen LogP contribution < -0.4 is 5.32 Å². The predicted molar refractivity (Wildman–Crippen MR) is 89.0 cm³/mol. The van der Waals surface area contributed by atoms with Crippen molar-refractivity contribution in [3.63, 3.8) is 0 Å². The lowest BCUT2D eigenvalue weighted by molar-refractivity contribution is 0.0766. The average molecular weight is 369 g/mol. The first-order chi connectivity index (χ1) is 11.5. The van der Waals surface area contributed by atoms with Crippen molar-refractivity contribution < 1.29 is 14.7 Å². The fourth-order valence-corrected chi connectivity index (χ4v) is 2.99. The molecule has 0 atom stereocenters. The number of halogens is 2. The van der Waals surface area contributed by atoms with Gasteiger partial charge in [0.2, 0.25) is 0 Å². The van der Waals surface area contributed by atoms with Gasteiger partial charge in [-0.15, -0.1) is 0 Å². The second-order valence-corrected chi connectivity index (χ2v) is 6.33. The van der Waals surface area contributed by atoms with Gasteiger partial charge in [-0.3, -0.25) is 9.36 Å². The second kappa shape index (κ2) is 6.70. The highest BCUT2D eigenvalue weighted by molar-refractivity contribution is 6.35. The Kier molecular flexibility index (Phi) is 4.64. The van der Waals surface area contributed by atoms with E-state index < -0.39 is 6.09 Å². The molecule has 126 valence electrons. The Morgan fingerprint density at radius 2 is 2.12 bits per heavy atom. The van der Waals surface area contributed by atoms with E-state index in [1.807, 2.05) is 0 Å². The van der Waals surface area contributed by atoms with Crippen molar-refractivity contribution in [2.45, 2.75) is 0 Å². The summed E-state index contributed by atoms with van der Waals surface area (Å²) >= 11 is 12.0. The molecule has 0 aromatic carbocycles. The van der Waals surface area contributed by atoms with Crippen molar-refractivity contribution in [3.8, 4) is 5.82 Å². The van der Waals surface area contributed by atoms with Gasteiger partial charge in [0.05, 0.1) is 10.0 Å². The Balaban J connectivity index is 1.67. The number of aromatic nitrogens is 2. The molecular weight excluding hydrogens is 355 g/mol. The van der Waals surface area contributed by atoms with E-state index in [2.05, 4.69) is 10.3 Å². The number of nitrogens with zero attached hydrogens (tertiary/aromatic N) is 3. The molecule has 0 bridgehead atoms. The van der Waals surface area contributed by atoms with Crippen LogP contribution in [0.1, 0.15) is 10.5 Å². The van der Waals surface area contributed by atoms with Crippen LogP contribution in [0, 0.1) is 5.92 Å². The molecule has 2 N–H and O–H groups in total. The maximum absolute atomic E-state index is 12.4. The van der Waals surface area contributed by atoms with E-state index in [1.165, 1.54) is 11.1 Å². The summed E-state index contributed by atoms with van der Waals surface area (Å²) in [7, 11) is 0. The quantitative estimate of drug-likeness (QED) is 0.867.